The lowest BCUT2D eigenvalue weighted by molar-refractivity contribution is -0.132. The smallest absolute Gasteiger partial charge is 0.236 e. The van der Waals surface area contributed by atoms with Gasteiger partial charge in [0.05, 0.1) is 17.3 Å². The third-order valence-corrected chi connectivity index (χ3v) is 6.96. The largest absolute Gasteiger partial charge is 0.508 e. The molecule has 4 rings (SSSR count). The summed E-state index contributed by atoms with van der Waals surface area (Å²) in [4.78, 5) is 30.8. The number of Topliss-reactive ketones (excluding diaryl/α,β-unsaturated/α-hetero) is 1. The molecule has 2 saturated heterocycles. The van der Waals surface area contributed by atoms with Crippen LogP contribution in [0, 0.1) is 5.92 Å². The third kappa shape index (κ3) is 5.72. The van der Waals surface area contributed by atoms with E-state index in [1.54, 1.807) is 19.1 Å². The number of aromatic hydroxyl groups is 1. The van der Waals surface area contributed by atoms with Gasteiger partial charge in [-0.05, 0) is 56.3 Å². The Labute approximate surface area is 205 Å². The van der Waals surface area contributed by atoms with Crippen LogP contribution in [0.2, 0.25) is 5.02 Å². The Kier molecular flexibility index (Phi) is 7.44. The van der Waals surface area contributed by atoms with Gasteiger partial charge in [0.2, 0.25) is 5.91 Å². The fourth-order valence-corrected chi connectivity index (χ4v) is 4.78. The van der Waals surface area contributed by atoms with E-state index in [1.165, 1.54) is 6.07 Å². The van der Waals surface area contributed by atoms with Gasteiger partial charge in [-0.25, -0.2) is 0 Å². The van der Waals surface area contributed by atoms with E-state index in [0.29, 0.717) is 35.9 Å². The van der Waals surface area contributed by atoms with Crippen LogP contribution in [0.5, 0.6) is 5.75 Å². The van der Waals surface area contributed by atoms with Gasteiger partial charge in [0.15, 0.2) is 5.78 Å². The molecule has 7 nitrogen and oxygen atoms in total. The fraction of sp³-hybridized carbons (Fsp3) is 0.385. The maximum atomic E-state index is 12.9. The standard InChI is InChI=1S/C26H31ClN4O3/c1-18(28-25-8-7-23(33)15-24(25)27)21-9-10-29(16-21)17-26(34)31-13-11-30(12-14-31)22-5-3-20(4-6-22)19(2)32/h3-8,15,21,28,33H,1,9-14,16-17H2,2H3. The number of phenolic OH excluding ortho intramolecular Hbond substituents is 1. The summed E-state index contributed by atoms with van der Waals surface area (Å²) in [6.45, 7) is 10.7. The van der Waals surface area contributed by atoms with Crippen molar-refractivity contribution in [2.45, 2.75) is 13.3 Å². The highest BCUT2D eigenvalue weighted by atomic mass is 35.5. The molecule has 1 unspecified atom stereocenters. The van der Waals surface area contributed by atoms with Crippen molar-refractivity contribution in [1.29, 1.82) is 0 Å². The van der Waals surface area contributed by atoms with Gasteiger partial charge in [-0.1, -0.05) is 18.2 Å². The molecule has 1 amide bonds. The van der Waals surface area contributed by atoms with Crippen LogP contribution in [0.4, 0.5) is 11.4 Å². The zero-order chi connectivity index (χ0) is 24.2. The van der Waals surface area contributed by atoms with E-state index in [9.17, 15) is 14.7 Å². The molecule has 2 heterocycles. The molecule has 0 bridgehead atoms. The number of nitrogens with zero attached hydrogens (tertiary/aromatic N) is 3. The van der Waals surface area contributed by atoms with Gasteiger partial charge in [0.1, 0.15) is 5.75 Å². The first kappa shape index (κ1) is 24.1. The van der Waals surface area contributed by atoms with Crippen molar-refractivity contribution in [1.82, 2.24) is 9.80 Å². The number of nitrogens with one attached hydrogen (secondary N) is 1. The van der Waals surface area contributed by atoms with Crippen molar-refractivity contribution < 1.29 is 14.7 Å². The summed E-state index contributed by atoms with van der Waals surface area (Å²) in [6, 6.07) is 12.5. The van der Waals surface area contributed by atoms with Crippen molar-refractivity contribution >= 4 is 34.7 Å². The van der Waals surface area contributed by atoms with Crippen LogP contribution in [0.3, 0.4) is 0 Å². The number of likely N-dealkylation sites (tertiary alicyclic amines) is 1. The molecule has 2 fully saturated rings. The summed E-state index contributed by atoms with van der Waals surface area (Å²) in [5, 5.41) is 13.2. The lowest BCUT2D eigenvalue weighted by Crippen LogP contribution is -2.51. The van der Waals surface area contributed by atoms with Crippen LogP contribution < -0.4 is 10.2 Å². The number of piperazine rings is 1. The maximum absolute atomic E-state index is 12.9. The number of benzene rings is 2. The number of hydrogen-bond acceptors (Lipinski definition) is 6. The van der Waals surface area contributed by atoms with Gasteiger partial charge >= 0.3 is 0 Å². The molecule has 0 aliphatic carbocycles. The first-order valence-corrected chi connectivity index (χ1v) is 12.0. The fourth-order valence-electron chi connectivity index (χ4n) is 4.55. The molecule has 2 aliphatic heterocycles. The van der Waals surface area contributed by atoms with Gasteiger partial charge in [0, 0.05) is 61.7 Å². The van der Waals surface area contributed by atoms with Gasteiger partial charge in [-0.3, -0.25) is 14.5 Å². The van der Waals surface area contributed by atoms with E-state index in [-0.39, 0.29) is 23.4 Å². The lowest BCUT2D eigenvalue weighted by atomic mass is 10.1. The normalized spacial score (nSPS) is 18.7. The number of phenols is 1. The van der Waals surface area contributed by atoms with Gasteiger partial charge in [-0.15, -0.1) is 0 Å². The van der Waals surface area contributed by atoms with Crippen LogP contribution in [-0.2, 0) is 4.79 Å². The van der Waals surface area contributed by atoms with E-state index in [0.717, 1.165) is 44.0 Å². The summed E-state index contributed by atoms with van der Waals surface area (Å²) < 4.78 is 0. The molecule has 2 N–H and O–H groups in total. The van der Waals surface area contributed by atoms with Crippen LogP contribution in [-0.4, -0.2) is 72.4 Å². The summed E-state index contributed by atoms with van der Waals surface area (Å²) in [7, 11) is 0. The Balaban J connectivity index is 1.23. The molecule has 2 aromatic rings. The van der Waals surface area contributed by atoms with Crippen LogP contribution >= 0.6 is 11.6 Å². The predicted molar refractivity (Wildman–Crippen MR) is 136 cm³/mol. The monoisotopic (exact) mass is 482 g/mol. The number of carbonyl (C=O) groups is 2. The van der Waals surface area contributed by atoms with E-state index in [1.807, 2.05) is 29.2 Å². The average molecular weight is 483 g/mol. The highest BCUT2D eigenvalue weighted by Crippen LogP contribution is 2.30. The molecule has 0 aromatic heterocycles. The first-order valence-electron chi connectivity index (χ1n) is 11.6. The van der Waals surface area contributed by atoms with Gasteiger partial charge in [-0.2, -0.15) is 0 Å². The van der Waals surface area contributed by atoms with E-state index in [4.69, 9.17) is 11.6 Å². The van der Waals surface area contributed by atoms with E-state index in [2.05, 4.69) is 21.7 Å². The van der Waals surface area contributed by atoms with Crippen molar-refractivity contribution in [3.63, 3.8) is 0 Å². The molecule has 34 heavy (non-hydrogen) atoms. The second-order valence-electron chi connectivity index (χ2n) is 9.01. The molecule has 0 spiro atoms. The first-order chi connectivity index (χ1) is 16.3. The van der Waals surface area contributed by atoms with Gasteiger partial charge < -0.3 is 20.2 Å². The molecule has 0 saturated carbocycles. The minimum absolute atomic E-state index is 0.0645. The number of rotatable bonds is 7. The number of amides is 1. The molecular formula is C26H31ClN4O3. The predicted octanol–water partition coefficient (Wildman–Crippen LogP) is 3.84. The Bertz CT molecular complexity index is 1060. The van der Waals surface area contributed by atoms with Crippen LogP contribution in [0.1, 0.15) is 23.7 Å². The van der Waals surface area contributed by atoms with Crippen molar-refractivity contribution in [2.24, 2.45) is 5.92 Å². The molecular weight excluding hydrogens is 452 g/mol. The topological polar surface area (TPSA) is 76.1 Å². The molecule has 2 aliphatic rings. The zero-order valence-electron chi connectivity index (χ0n) is 19.5. The molecule has 1 atom stereocenters. The number of anilines is 2. The summed E-state index contributed by atoms with van der Waals surface area (Å²) >= 11 is 6.19. The van der Waals surface area contributed by atoms with Gasteiger partial charge in [0.25, 0.3) is 0 Å². The summed E-state index contributed by atoms with van der Waals surface area (Å²) in [5.74, 6) is 0.577. The lowest BCUT2D eigenvalue weighted by Gasteiger charge is -2.36. The summed E-state index contributed by atoms with van der Waals surface area (Å²) in [6.07, 6.45) is 0.929. The third-order valence-electron chi connectivity index (χ3n) is 6.64. The second-order valence-corrected chi connectivity index (χ2v) is 9.41. The van der Waals surface area contributed by atoms with Crippen molar-refractivity contribution in [3.05, 3.63) is 65.3 Å². The minimum atomic E-state index is 0.0645. The van der Waals surface area contributed by atoms with Crippen molar-refractivity contribution in [3.8, 4) is 5.75 Å². The quantitative estimate of drug-likeness (QED) is 0.461. The van der Waals surface area contributed by atoms with E-state index >= 15 is 0 Å². The Morgan fingerprint density at radius 2 is 1.79 bits per heavy atom. The second kappa shape index (κ2) is 10.5. The number of halogens is 1. The minimum Gasteiger partial charge on any atom is -0.508 e. The molecule has 2 aromatic carbocycles. The highest BCUT2D eigenvalue weighted by Gasteiger charge is 2.29. The molecule has 180 valence electrons. The summed E-state index contributed by atoms with van der Waals surface area (Å²) in [5.41, 5.74) is 3.38. The van der Waals surface area contributed by atoms with Crippen LogP contribution in [0.25, 0.3) is 0 Å². The Morgan fingerprint density at radius 3 is 2.44 bits per heavy atom. The van der Waals surface area contributed by atoms with E-state index < -0.39 is 0 Å². The number of carbonyl (C=O) groups excluding carboxylic acids is 2. The highest BCUT2D eigenvalue weighted by molar-refractivity contribution is 6.33. The number of ketones is 1. The number of hydrogen-bond donors (Lipinski definition) is 2. The average Bonchev–Trinajstić information content (AvgIpc) is 3.29. The van der Waals surface area contributed by atoms with Crippen molar-refractivity contribution in [2.75, 3.05) is 56.0 Å². The zero-order valence-corrected chi connectivity index (χ0v) is 20.2. The Morgan fingerprint density at radius 1 is 1.09 bits per heavy atom. The van der Waals surface area contributed by atoms with Crippen LogP contribution in [0.15, 0.2) is 54.7 Å². The SMILES string of the molecule is C=C(Nc1ccc(O)cc1Cl)C1CCN(CC(=O)N2CCN(c3ccc(C(C)=O)cc3)CC2)C1. The molecule has 0 radical (unpaired) electrons. The maximum Gasteiger partial charge on any atom is 0.236 e. The Hall–Kier alpha value is -3.03. The molecule has 8 heteroatoms.